The molecule has 130 valence electrons. The summed E-state index contributed by atoms with van der Waals surface area (Å²) in [6.45, 7) is 2.74. The van der Waals surface area contributed by atoms with E-state index in [1.165, 1.54) is 4.90 Å². The molecule has 2 N–H and O–H groups in total. The summed E-state index contributed by atoms with van der Waals surface area (Å²) in [5.74, 6) is 1.75. The number of hydrogen-bond donors (Lipinski definition) is 2. The Kier molecular flexibility index (Phi) is 6.04. The lowest BCUT2D eigenvalue weighted by Crippen LogP contribution is -3.04. The van der Waals surface area contributed by atoms with E-state index in [1.54, 1.807) is 14.2 Å². The van der Waals surface area contributed by atoms with E-state index in [9.17, 15) is 5.11 Å². The van der Waals surface area contributed by atoms with Crippen molar-refractivity contribution in [3.05, 3.63) is 46.8 Å². The van der Waals surface area contributed by atoms with Crippen LogP contribution in [0, 0.1) is 6.92 Å². The maximum Gasteiger partial charge on any atom is 0.160 e. The second-order valence-corrected chi connectivity index (χ2v) is 6.29. The normalized spacial score (nSPS) is 10.9. The van der Waals surface area contributed by atoms with Crippen LogP contribution in [0.25, 0.3) is 0 Å². The van der Waals surface area contributed by atoms with Gasteiger partial charge in [0.2, 0.25) is 0 Å². The number of nitrogens with zero attached hydrogens (tertiary/aromatic N) is 1. The molecule has 0 spiro atoms. The van der Waals surface area contributed by atoms with Crippen LogP contribution in [0.15, 0.2) is 24.3 Å². The van der Waals surface area contributed by atoms with E-state index in [4.69, 9.17) is 9.47 Å². The van der Waals surface area contributed by atoms with Crippen molar-refractivity contribution in [1.82, 2.24) is 4.98 Å². The first kappa shape index (κ1) is 18.1. The highest BCUT2D eigenvalue weighted by Gasteiger charge is 2.13. The molecule has 0 saturated heterocycles. The molecule has 0 atom stereocenters. The topological polar surface area (TPSA) is 56.0 Å². The summed E-state index contributed by atoms with van der Waals surface area (Å²) >= 11 is 0. The van der Waals surface area contributed by atoms with Crippen LogP contribution in [-0.4, -0.2) is 38.4 Å². The first-order chi connectivity index (χ1) is 11.4. The van der Waals surface area contributed by atoms with Crippen LogP contribution < -0.4 is 14.4 Å². The fraction of sp³-hybridized carbons (Fsp3) is 0.421. The van der Waals surface area contributed by atoms with E-state index < -0.39 is 0 Å². The number of ether oxygens (including phenoxy) is 2. The Morgan fingerprint density at radius 3 is 2.38 bits per heavy atom. The fourth-order valence-electron chi connectivity index (χ4n) is 2.79. The molecular formula is C19H27N2O3+. The fourth-order valence-corrected chi connectivity index (χ4v) is 2.79. The Hall–Kier alpha value is -2.27. The molecule has 0 aliphatic heterocycles. The summed E-state index contributed by atoms with van der Waals surface area (Å²) in [4.78, 5) is 5.78. The van der Waals surface area contributed by atoms with Crippen molar-refractivity contribution in [2.75, 3.05) is 28.3 Å². The van der Waals surface area contributed by atoms with Gasteiger partial charge in [-0.05, 0) is 43.5 Å². The SMILES string of the molecule is COc1ccc(CCc2nc(C)cc(C[NH+](C)C)c2O)cc1OC. The Bertz CT molecular complexity index is 699. The lowest BCUT2D eigenvalue weighted by Gasteiger charge is -2.13. The largest absolute Gasteiger partial charge is 0.506 e. The van der Waals surface area contributed by atoms with E-state index in [0.717, 1.165) is 35.5 Å². The van der Waals surface area contributed by atoms with Gasteiger partial charge in [0, 0.05) is 5.69 Å². The maximum atomic E-state index is 10.5. The third-order valence-electron chi connectivity index (χ3n) is 3.91. The van der Waals surface area contributed by atoms with Gasteiger partial charge in [0.1, 0.15) is 12.3 Å². The molecule has 0 saturated carbocycles. The average molecular weight is 331 g/mol. The van der Waals surface area contributed by atoms with Crippen molar-refractivity contribution >= 4 is 0 Å². The number of pyridine rings is 1. The van der Waals surface area contributed by atoms with Crippen LogP contribution >= 0.6 is 0 Å². The number of methoxy groups -OCH3 is 2. The Balaban J connectivity index is 2.18. The van der Waals surface area contributed by atoms with Crippen molar-refractivity contribution in [2.45, 2.75) is 26.3 Å². The van der Waals surface area contributed by atoms with Crippen LogP contribution in [0.1, 0.15) is 22.5 Å². The molecule has 1 aromatic heterocycles. The van der Waals surface area contributed by atoms with Gasteiger partial charge < -0.3 is 19.5 Å². The van der Waals surface area contributed by atoms with Crippen LogP contribution in [-0.2, 0) is 19.4 Å². The second-order valence-electron chi connectivity index (χ2n) is 6.29. The van der Waals surface area contributed by atoms with Crippen molar-refractivity contribution in [3.63, 3.8) is 0 Å². The Labute approximate surface area is 143 Å². The van der Waals surface area contributed by atoms with Crippen LogP contribution in [0.4, 0.5) is 0 Å². The van der Waals surface area contributed by atoms with Crippen molar-refractivity contribution in [3.8, 4) is 17.2 Å². The molecule has 0 unspecified atom stereocenters. The number of nitrogens with one attached hydrogen (secondary N) is 1. The lowest BCUT2D eigenvalue weighted by atomic mass is 10.0. The minimum absolute atomic E-state index is 0.322. The van der Waals surface area contributed by atoms with Gasteiger partial charge in [0.15, 0.2) is 11.5 Å². The summed E-state index contributed by atoms with van der Waals surface area (Å²) in [6, 6.07) is 7.84. The first-order valence-corrected chi connectivity index (χ1v) is 8.13. The molecule has 0 amide bonds. The van der Waals surface area contributed by atoms with Gasteiger partial charge in [0.25, 0.3) is 0 Å². The van der Waals surface area contributed by atoms with Crippen molar-refractivity contribution < 1.29 is 19.5 Å². The zero-order chi connectivity index (χ0) is 17.7. The van der Waals surface area contributed by atoms with Crippen LogP contribution in [0.2, 0.25) is 0 Å². The minimum Gasteiger partial charge on any atom is -0.506 e. The summed E-state index contributed by atoms with van der Waals surface area (Å²) in [5.41, 5.74) is 3.76. The standard InChI is InChI=1S/C19H26N2O3/c1-13-10-15(12-21(2)3)19(22)16(20-13)8-6-14-7-9-17(23-4)18(11-14)24-5/h7,9-11,22H,6,8,12H2,1-5H3/p+1. The molecule has 5 nitrogen and oxygen atoms in total. The van der Waals surface area contributed by atoms with E-state index in [0.29, 0.717) is 23.7 Å². The minimum atomic E-state index is 0.322. The number of rotatable bonds is 7. The molecule has 0 radical (unpaired) electrons. The van der Waals surface area contributed by atoms with E-state index >= 15 is 0 Å². The number of benzene rings is 1. The van der Waals surface area contributed by atoms with Gasteiger partial charge in [-0.2, -0.15) is 0 Å². The molecule has 2 rings (SSSR count). The summed E-state index contributed by atoms with van der Waals surface area (Å²) in [7, 11) is 7.39. The lowest BCUT2D eigenvalue weighted by molar-refractivity contribution is -0.872. The first-order valence-electron chi connectivity index (χ1n) is 8.13. The highest BCUT2D eigenvalue weighted by Crippen LogP contribution is 2.29. The van der Waals surface area contributed by atoms with Gasteiger partial charge in [-0.1, -0.05) is 6.07 Å². The number of hydrogen-bond acceptors (Lipinski definition) is 4. The molecule has 1 aromatic carbocycles. The van der Waals surface area contributed by atoms with Crippen molar-refractivity contribution in [1.29, 1.82) is 0 Å². The summed E-state index contributed by atoms with van der Waals surface area (Å²) in [5, 5.41) is 10.5. The number of quaternary nitrogens is 1. The zero-order valence-corrected chi connectivity index (χ0v) is 15.1. The predicted molar refractivity (Wildman–Crippen MR) is 94.1 cm³/mol. The van der Waals surface area contributed by atoms with Gasteiger partial charge in [-0.3, -0.25) is 4.98 Å². The van der Waals surface area contributed by atoms with E-state index in [1.807, 2.05) is 31.2 Å². The molecule has 0 aliphatic rings. The molecule has 2 aromatic rings. The molecule has 0 aliphatic carbocycles. The molecular weight excluding hydrogens is 304 g/mol. The van der Waals surface area contributed by atoms with Gasteiger partial charge >= 0.3 is 0 Å². The van der Waals surface area contributed by atoms with Gasteiger partial charge in [-0.15, -0.1) is 0 Å². The van der Waals surface area contributed by atoms with Gasteiger partial charge in [0.05, 0.1) is 39.6 Å². The molecule has 0 bridgehead atoms. The Morgan fingerprint density at radius 2 is 1.75 bits per heavy atom. The second kappa shape index (κ2) is 8.02. The Morgan fingerprint density at radius 1 is 1.04 bits per heavy atom. The predicted octanol–water partition coefficient (Wildman–Crippen LogP) is 1.54. The molecule has 5 heteroatoms. The van der Waals surface area contributed by atoms with Crippen molar-refractivity contribution in [2.24, 2.45) is 0 Å². The third-order valence-corrected chi connectivity index (χ3v) is 3.91. The number of aromatic hydroxyl groups is 1. The quantitative estimate of drug-likeness (QED) is 0.808. The smallest absolute Gasteiger partial charge is 0.160 e. The number of aryl methyl sites for hydroxylation is 3. The van der Waals surface area contributed by atoms with Gasteiger partial charge in [-0.25, -0.2) is 0 Å². The van der Waals surface area contributed by atoms with E-state index in [2.05, 4.69) is 19.1 Å². The summed E-state index contributed by atoms with van der Waals surface area (Å²) < 4.78 is 10.6. The molecule has 0 fully saturated rings. The zero-order valence-electron chi connectivity index (χ0n) is 15.1. The van der Waals surface area contributed by atoms with E-state index in [-0.39, 0.29) is 0 Å². The highest BCUT2D eigenvalue weighted by molar-refractivity contribution is 5.43. The van der Waals surface area contributed by atoms with Crippen LogP contribution in [0.5, 0.6) is 17.2 Å². The monoisotopic (exact) mass is 331 g/mol. The maximum absolute atomic E-state index is 10.5. The third kappa shape index (κ3) is 4.38. The average Bonchev–Trinajstić information content (AvgIpc) is 2.55. The van der Waals surface area contributed by atoms with Crippen LogP contribution in [0.3, 0.4) is 0 Å². The number of aromatic nitrogens is 1. The molecule has 24 heavy (non-hydrogen) atoms. The molecule has 1 heterocycles. The summed E-state index contributed by atoms with van der Waals surface area (Å²) in [6.07, 6.45) is 1.46. The highest BCUT2D eigenvalue weighted by atomic mass is 16.5.